The number of hydrogen-bond acceptors (Lipinski definition) is 12. The molecule has 10 rings (SSSR count). The van der Waals surface area contributed by atoms with Gasteiger partial charge < -0.3 is 28.4 Å². The second-order valence-corrected chi connectivity index (χ2v) is 19.1. The van der Waals surface area contributed by atoms with Crippen molar-refractivity contribution in [3.8, 4) is 34.5 Å². The normalized spacial score (nSPS) is 11.0. The first kappa shape index (κ1) is 51.3. The van der Waals surface area contributed by atoms with Crippen LogP contribution in [-0.2, 0) is 0 Å². The lowest BCUT2D eigenvalue weighted by Gasteiger charge is -2.19. The van der Waals surface area contributed by atoms with Crippen molar-refractivity contribution in [2.75, 3.05) is 0 Å². The first-order chi connectivity index (χ1) is 37.5. The van der Waals surface area contributed by atoms with Crippen molar-refractivity contribution in [1.82, 2.24) is 0 Å². The highest BCUT2D eigenvalue weighted by atomic mass is 16.6. The third-order valence-corrected chi connectivity index (χ3v) is 13.1. The largest absolute Gasteiger partial charge is 0.419 e. The molecule has 0 aliphatic heterocycles. The van der Waals surface area contributed by atoms with Gasteiger partial charge in [-0.15, -0.1) is 0 Å². The number of carbonyl (C=O) groups is 6. The quantitative estimate of drug-likeness (QED) is 0.0649. The minimum absolute atomic E-state index is 0.170. The van der Waals surface area contributed by atoms with Gasteiger partial charge in [-0.05, 0) is 183 Å². The highest BCUT2D eigenvalue weighted by molar-refractivity contribution is 6.27. The molecule has 0 aliphatic rings. The van der Waals surface area contributed by atoms with Gasteiger partial charge in [0.05, 0.1) is 33.4 Å². The van der Waals surface area contributed by atoms with Gasteiger partial charge in [0, 0.05) is 0 Å². The molecule has 384 valence electrons. The fraction of sp³-hybridized carbons (Fsp3) is 0.0909. The molecule has 0 heterocycles. The van der Waals surface area contributed by atoms with Crippen LogP contribution in [0.1, 0.15) is 95.5 Å². The molecule has 0 unspecified atom stereocenters. The average Bonchev–Trinajstić information content (AvgIpc) is 3.54. The predicted molar refractivity (Wildman–Crippen MR) is 296 cm³/mol. The summed E-state index contributed by atoms with van der Waals surface area (Å²) in [6, 6.07) is 49.4. The van der Waals surface area contributed by atoms with Crippen molar-refractivity contribution >= 4 is 68.1 Å². The Morgan fingerprint density at radius 1 is 0.205 bits per heavy atom. The highest BCUT2D eigenvalue weighted by Gasteiger charge is 2.27. The van der Waals surface area contributed by atoms with Crippen molar-refractivity contribution in [3.63, 3.8) is 0 Å². The SMILES string of the molecule is Cc1ccc(C(=O)Oc2cc3c4cc(OC(=O)c5ccc(C)cc5)c(OC(=O)c5ccc(C)cc5)cc4c4cc(OC(=O)c5ccc(C)cc5)c(OC(=O)c5ccc(C)cc5)cc4c3cc2OC(=O)c2ccc(C)cc2)cc1. The van der Waals surface area contributed by atoms with Crippen molar-refractivity contribution in [2.24, 2.45) is 0 Å². The van der Waals surface area contributed by atoms with Gasteiger partial charge in [0.15, 0.2) is 34.5 Å². The first-order valence-corrected chi connectivity index (χ1v) is 24.8. The van der Waals surface area contributed by atoms with Crippen molar-refractivity contribution in [2.45, 2.75) is 41.5 Å². The molecule has 0 saturated heterocycles. The summed E-state index contributed by atoms with van der Waals surface area (Å²) in [5.41, 5.74) is 6.67. The molecule has 12 heteroatoms. The first-order valence-electron chi connectivity index (χ1n) is 24.8. The molecular formula is C66H48O12. The number of carbonyl (C=O) groups excluding carboxylic acids is 6. The van der Waals surface area contributed by atoms with E-state index in [1.807, 2.05) is 41.5 Å². The summed E-state index contributed by atoms with van der Waals surface area (Å²) in [4.78, 5) is 84.4. The van der Waals surface area contributed by atoms with E-state index in [2.05, 4.69) is 0 Å². The summed E-state index contributed by atoms with van der Waals surface area (Å²) < 4.78 is 36.8. The fourth-order valence-electron chi connectivity index (χ4n) is 8.59. The molecule has 0 N–H and O–H groups in total. The maximum atomic E-state index is 14.1. The zero-order valence-electron chi connectivity index (χ0n) is 43.2. The topological polar surface area (TPSA) is 158 Å². The molecule has 0 radical (unpaired) electrons. The van der Waals surface area contributed by atoms with Crippen LogP contribution in [0.15, 0.2) is 182 Å². The molecule has 0 atom stereocenters. The summed E-state index contributed by atoms with van der Waals surface area (Å²) in [6.07, 6.45) is 0. The van der Waals surface area contributed by atoms with E-state index in [0.29, 0.717) is 32.3 Å². The minimum Gasteiger partial charge on any atom is -0.419 e. The number of rotatable bonds is 12. The number of fused-ring (bicyclic) bond motifs is 6. The van der Waals surface area contributed by atoms with Crippen molar-refractivity contribution in [3.05, 3.63) is 249 Å². The van der Waals surface area contributed by atoms with Crippen LogP contribution >= 0.6 is 0 Å². The Morgan fingerprint density at radius 2 is 0.321 bits per heavy atom. The number of hydrogen-bond donors (Lipinski definition) is 0. The van der Waals surface area contributed by atoms with E-state index in [-0.39, 0.29) is 67.9 Å². The van der Waals surface area contributed by atoms with Gasteiger partial charge in [0.2, 0.25) is 0 Å². The van der Waals surface area contributed by atoms with Crippen LogP contribution in [0.25, 0.3) is 32.3 Å². The average molecular weight is 1030 g/mol. The summed E-state index contributed by atoms with van der Waals surface area (Å²) in [5.74, 6) is -5.63. The van der Waals surface area contributed by atoms with Gasteiger partial charge >= 0.3 is 35.8 Å². The molecule has 78 heavy (non-hydrogen) atoms. The molecule has 10 aromatic rings. The Balaban J connectivity index is 1.26. The lowest BCUT2D eigenvalue weighted by Crippen LogP contribution is -2.14. The lowest BCUT2D eigenvalue weighted by atomic mass is 9.93. The summed E-state index contributed by atoms with van der Waals surface area (Å²) in [5, 5.41) is 2.02. The molecule has 0 aromatic heterocycles. The van der Waals surface area contributed by atoms with E-state index < -0.39 is 35.8 Å². The van der Waals surface area contributed by atoms with Crippen LogP contribution in [-0.4, -0.2) is 35.8 Å². The molecule has 0 bridgehead atoms. The standard InChI is InChI=1S/C66H48O12/c1-37-7-19-43(20-8-37)61(67)73-55-31-49-50(32-56(55)74-62(68)44-21-9-38(2)10-22-44)52-34-58(76-64(70)46-25-13-40(4)14-26-46)60(78-66(72)48-29-17-42(6)18-30-48)36-54(52)53-35-59(77-65(71)47-27-15-41(5)16-28-47)57(33-51(49)53)75-63(69)45-23-11-39(3)12-24-45/h7-36H,1-6H3. The van der Waals surface area contributed by atoms with Crippen LogP contribution < -0.4 is 28.4 Å². The van der Waals surface area contributed by atoms with Gasteiger partial charge in [-0.2, -0.15) is 0 Å². The Morgan fingerprint density at radius 3 is 0.436 bits per heavy atom. The number of benzene rings is 10. The molecule has 0 amide bonds. The van der Waals surface area contributed by atoms with E-state index >= 15 is 0 Å². The number of esters is 6. The monoisotopic (exact) mass is 1030 g/mol. The molecule has 0 spiro atoms. The zero-order chi connectivity index (χ0) is 54.8. The van der Waals surface area contributed by atoms with E-state index in [1.165, 1.54) is 36.4 Å². The summed E-state index contributed by atoms with van der Waals surface area (Å²) in [6.45, 7) is 11.3. The van der Waals surface area contributed by atoms with Crippen molar-refractivity contribution in [1.29, 1.82) is 0 Å². The maximum Gasteiger partial charge on any atom is 0.343 e. The lowest BCUT2D eigenvalue weighted by molar-refractivity contribution is 0.0682. The molecule has 10 aromatic carbocycles. The third kappa shape index (κ3) is 11.1. The van der Waals surface area contributed by atoms with Gasteiger partial charge in [0.25, 0.3) is 0 Å². The van der Waals surface area contributed by atoms with Gasteiger partial charge in [0.1, 0.15) is 0 Å². The van der Waals surface area contributed by atoms with Crippen LogP contribution in [0.5, 0.6) is 34.5 Å². The van der Waals surface area contributed by atoms with Gasteiger partial charge in [-0.3, -0.25) is 0 Å². The Kier molecular flexibility index (Phi) is 14.2. The van der Waals surface area contributed by atoms with Crippen LogP contribution in [0.4, 0.5) is 0 Å². The highest BCUT2D eigenvalue weighted by Crippen LogP contribution is 2.48. The van der Waals surface area contributed by atoms with E-state index in [9.17, 15) is 28.8 Å². The molecule has 0 saturated carbocycles. The van der Waals surface area contributed by atoms with Crippen LogP contribution in [0.2, 0.25) is 0 Å². The number of ether oxygens (including phenoxy) is 6. The predicted octanol–water partition coefficient (Wildman–Crippen LogP) is 14.3. The summed E-state index contributed by atoms with van der Waals surface area (Å²) >= 11 is 0. The minimum atomic E-state index is -0.768. The van der Waals surface area contributed by atoms with E-state index in [1.54, 1.807) is 146 Å². The number of aryl methyl sites for hydroxylation is 6. The van der Waals surface area contributed by atoms with Crippen molar-refractivity contribution < 1.29 is 57.2 Å². The molecule has 0 fully saturated rings. The fourth-order valence-corrected chi connectivity index (χ4v) is 8.59. The van der Waals surface area contributed by atoms with E-state index in [4.69, 9.17) is 28.4 Å². The third-order valence-electron chi connectivity index (χ3n) is 13.1. The van der Waals surface area contributed by atoms with Crippen LogP contribution in [0, 0.1) is 41.5 Å². The Hall–Kier alpha value is -10.2. The molecule has 0 aliphatic carbocycles. The molecule has 12 nitrogen and oxygen atoms in total. The van der Waals surface area contributed by atoms with Gasteiger partial charge in [-0.25, -0.2) is 28.8 Å². The van der Waals surface area contributed by atoms with E-state index in [0.717, 1.165) is 33.4 Å². The van der Waals surface area contributed by atoms with Gasteiger partial charge in [-0.1, -0.05) is 106 Å². The zero-order valence-corrected chi connectivity index (χ0v) is 43.2. The summed E-state index contributed by atoms with van der Waals surface area (Å²) in [7, 11) is 0. The Bertz CT molecular complexity index is 3320. The maximum absolute atomic E-state index is 14.1. The second kappa shape index (κ2) is 21.6. The molecular weight excluding hydrogens is 985 g/mol. The smallest absolute Gasteiger partial charge is 0.343 e. The second-order valence-electron chi connectivity index (χ2n) is 19.1. The Labute approximate surface area is 448 Å². The van der Waals surface area contributed by atoms with Crippen LogP contribution in [0.3, 0.4) is 0 Å².